The van der Waals surface area contributed by atoms with Crippen molar-refractivity contribution in [3.05, 3.63) is 18.0 Å². The van der Waals surface area contributed by atoms with Crippen molar-refractivity contribution in [1.29, 1.82) is 0 Å². The molecule has 0 atom stereocenters. The molecule has 0 fully saturated rings. The highest BCUT2D eigenvalue weighted by Crippen LogP contribution is 2.16. The summed E-state index contributed by atoms with van der Waals surface area (Å²) in [7, 11) is 4.92. The molecule has 1 heterocycles. The van der Waals surface area contributed by atoms with Gasteiger partial charge in [0.2, 0.25) is 0 Å². The van der Waals surface area contributed by atoms with E-state index >= 15 is 0 Å². The summed E-state index contributed by atoms with van der Waals surface area (Å²) in [6.45, 7) is 1.53. The van der Waals surface area contributed by atoms with E-state index in [1.165, 1.54) is 0 Å². The van der Waals surface area contributed by atoms with Crippen LogP contribution in [0.5, 0.6) is 0 Å². The standard InChI is InChI=1S/C10H18N2O3/c1-13-8-4-7-12-9(5-6-11-12)10(14-2)15-3/h5-6,10H,4,7-8H2,1-3H3. The predicted octanol–water partition coefficient (Wildman–Crippen LogP) is 1.21. The number of hydrogen-bond donors (Lipinski definition) is 0. The number of rotatable bonds is 7. The molecule has 0 N–H and O–H groups in total. The van der Waals surface area contributed by atoms with E-state index < -0.39 is 0 Å². The van der Waals surface area contributed by atoms with Gasteiger partial charge in [-0.1, -0.05) is 0 Å². The van der Waals surface area contributed by atoms with Gasteiger partial charge < -0.3 is 14.2 Å². The summed E-state index contributed by atoms with van der Waals surface area (Å²) in [6, 6.07) is 1.89. The lowest BCUT2D eigenvalue weighted by Crippen LogP contribution is -2.13. The summed E-state index contributed by atoms with van der Waals surface area (Å²) in [4.78, 5) is 0. The van der Waals surface area contributed by atoms with Gasteiger partial charge in [-0.25, -0.2) is 0 Å². The number of aryl methyl sites for hydroxylation is 1. The van der Waals surface area contributed by atoms with Crippen LogP contribution >= 0.6 is 0 Å². The maximum absolute atomic E-state index is 5.18. The Morgan fingerprint density at radius 3 is 2.67 bits per heavy atom. The van der Waals surface area contributed by atoms with E-state index in [1.54, 1.807) is 27.5 Å². The van der Waals surface area contributed by atoms with E-state index in [1.807, 2.05) is 10.7 Å². The zero-order valence-corrected chi connectivity index (χ0v) is 9.47. The van der Waals surface area contributed by atoms with Crippen molar-refractivity contribution in [2.45, 2.75) is 19.3 Å². The summed E-state index contributed by atoms with van der Waals surface area (Å²) >= 11 is 0. The number of methoxy groups -OCH3 is 3. The molecule has 86 valence electrons. The van der Waals surface area contributed by atoms with Crippen molar-refractivity contribution in [2.24, 2.45) is 0 Å². The normalized spacial score (nSPS) is 11.2. The molecule has 15 heavy (non-hydrogen) atoms. The summed E-state index contributed by atoms with van der Waals surface area (Å²) in [6.07, 6.45) is 2.31. The lowest BCUT2D eigenvalue weighted by atomic mass is 10.4. The van der Waals surface area contributed by atoms with Gasteiger partial charge >= 0.3 is 0 Å². The SMILES string of the molecule is COCCCn1nccc1C(OC)OC. The topological polar surface area (TPSA) is 45.5 Å². The smallest absolute Gasteiger partial charge is 0.200 e. The van der Waals surface area contributed by atoms with Crippen LogP contribution in [0.25, 0.3) is 0 Å². The van der Waals surface area contributed by atoms with Crippen molar-refractivity contribution in [3.63, 3.8) is 0 Å². The van der Waals surface area contributed by atoms with Crippen LogP contribution in [-0.4, -0.2) is 37.7 Å². The fourth-order valence-electron chi connectivity index (χ4n) is 1.43. The fourth-order valence-corrected chi connectivity index (χ4v) is 1.43. The van der Waals surface area contributed by atoms with Crippen molar-refractivity contribution >= 4 is 0 Å². The molecule has 0 unspecified atom stereocenters. The second kappa shape index (κ2) is 6.55. The third kappa shape index (κ3) is 3.30. The van der Waals surface area contributed by atoms with Gasteiger partial charge in [-0.05, 0) is 12.5 Å². The molecule has 5 nitrogen and oxygen atoms in total. The predicted molar refractivity (Wildman–Crippen MR) is 55.5 cm³/mol. The first-order valence-corrected chi connectivity index (χ1v) is 4.89. The van der Waals surface area contributed by atoms with Gasteiger partial charge in [0.05, 0.1) is 5.69 Å². The van der Waals surface area contributed by atoms with Crippen LogP contribution in [0.4, 0.5) is 0 Å². The number of aromatic nitrogens is 2. The lowest BCUT2D eigenvalue weighted by molar-refractivity contribution is -0.111. The zero-order chi connectivity index (χ0) is 11.1. The average molecular weight is 214 g/mol. The number of ether oxygens (including phenoxy) is 3. The minimum atomic E-state index is -0.352. The molecule has 0 aliphatic heterocycles. The lowest BCUT2D eigenvalue weighted by Gasteiger charge is -2.15. The van der Waals surface area contributed by atoms with Gasteiger partial charge in [-0.2, -0.15) is 5.10 Å². The molecular weight excluding hydrogens is 196 g/mol. The van der Waals surface area contributed by atoms with Crippen LogP contribution in [-0.2, 0) is 20.8 Å². The second-order valence-electron chi connectivity index (χ2n) is 3.13. The molecule has 0 amide bonds. The molecule has 5 heteroatoms. The molecule has 0 aliphatic rings. The highest BCUT2D eigenvalue weighted by Gasteiger charge is 2.13. The van der Waals surface area contributed by atoms with Gasteiger partial charge in [-0.3, -0.25) is 4.68 Å². The highest BCUT2D eigenvalue weighted by molar-refractivity contribution is 5.02. The van der Waals surface area contributed by atoms with Crippen molar-refractivity contribution in [3.8, 4) is 0 Å². The van der Waals surface area contributed by atoms with E-state index in [9.17, 15) is 0 Å². The first-order valence-electron chi connectivity index (χ1n) is 4.89. The van der Waals surface area contributed by atoms with Crippen molar-refractivity contribution < 1.29 is 14.2 Å². The first-order chi connectivity index (χ1) is 7.33. The van der Waals surface area contributed by atoms with Crippen LogP contribution in [0.1, 0.15) is 18.4 Å². The quantitative estimate of drug-likeness (QED) is 0.505. The number of hydrogen-bond acceptors (Lipinski definition) is 4. The summed E-state index contributed by atoms with van der Waals surface area (Å²) in [5.41, 5.74) is 0.927. The van der Waals surface area contributed by atoms with E-state index in [-0.39, 0.29) is 6.29 Å². The Balaban J connectivity index is 2.59. The van der Waals surface area contributed by atoms with Gasteiger partial charge in [0.1, 0.15) is 0 Å². The van der Waals surface area contributed by atoms with Crippen LogP contribution in [0.15, 0.2) is 12.3 Å². The van der Waals surface area contributed by atoms with Crippen molar-refractivity contribution in [2.75, 3.05) is 27.9 Å². The van der Waals surface area contributed by atoms with Crippen LogP contribution < -0.4 is 0 Å². The Hall–Kier alpha value is -0.910. The molecule has 1 aromatic heterocycles. The molecule has 1 aromatic rings. The Bertz CT molecular complexity index is 271. The summed E-state index contributed by atoms with van der Waals surface area (Å²) in [5, 5.41) is 4.21. The van der Waals surface area contributed by atoms with Gasteiger partial charge in [0.15, 0.2) is 6.29 Å². The number of nitrogens with zero attached hydrogens (tertiary/aromatic N) is 2. The molecule has 0 saturated carbocycles. The average Bonchev–Trinajstić information content (AvgIpc) is 2.69. The molecule has 0 bridgehead atoms. The van der Waals surface area contributed by atoms with Crippen LogP contribution in [0, 0.1) is 0 Å². The Kier molecular flexibility index (Phi) is 5.31. The Morgan fingerprint density at radius 1 is 1.33 bits per heavy atom. The third-order valence-electron chi connectivity index (χ3n) is 2.14. The highest BCUT2D eigenvalue weighted by atomic mass is 16.7. The molecule has 1 rings (SSSR count). The van der Waals surface area contributed by atoms with E-state index in [2.05, 4.69) is 5.10 Å². The largest absolute Gasteiger partial charge is 0.385 e. The minimum absolute atomic E-state index is 0.352. The fraction of sp³-hybridized carbons (Fsp3) is 0.700. The van der Waals surface area contributed by atoms with Crippen molar-refractivity contribution in [1.82, 2.24) is 9.78 Å². The monoisotopic (exact) mass is 214 g/mol. The zero-order valence-electron chi connectivity index (χ0n) is 9.47. The van der Waals surface area contributed by atoms with Gasteiger partial charge in [-0.15, -0.1) is 0 Å². The Labute approximate surface area is 89.9 Å². The van der Waals surface area contributed by atoms with Gasteiger partial charge in [0, 0.05) is 40.7 Å². The third-order valence-corrected chi connectivity index (χ3v) is 2.14. The summed E-state index contributed by atoms with van der Waals surface area (Å²) < 4.78 is 17.2. The summed E-state index contributed by atoms with van der Waals surface area (Å²) in [5.74, 6) is 0. The Morgan fingerprint density at radius 2 is 2.07 bits per heavy atom. The molecular formula is C10H18N2O3. The van der Waals surface area contributed by atoms with Crippen LogP contribution in [0.3, 0.4) is 0 Å². The van der Waals surface area contributed by atoms with E-state index in [4.69, 9.17) is 14.2 Å². The minimum Gasteiger partial charge on any atom is -0.385 e. The van der Waals surface area contributed by atoms with Crippen LogP contribution in [0.2, 0.25) is 0 Å². The first kappa shape index (κ1) is 12.2. The molecule has 0 spiro atoms. The molecule has 0 saturated heterocycles. The molecule has 0 radical (unpaired) electrons. The van der Waals surface area contributed by atoms with Gasteiger partial charge in [0.25, 0.3) is 0 Å². The molecule has 0 aliphatic carbocycles. The maximum atomic E-state index is 5.18. The van der Waals surface area contributed by atoms with E-state index in [0.717, 1.165) is 25.3 Å². The van der Waals surface area contributed by atoms with E-state index in [0.29, 0.717) is 0 Å². The molecule has 0 aromatic carbocycles. The maximum Gasteiger partial charge on any atom is 0.200 e. The second-order valence-corrected chi connectivity index (χ2v) is 3.13.